The Morgan fingerprint density at radius 1 is 0.706 bits per heavy atom. The van der Waals surface area contributed by atoms with Crippen LogP contribution in [0.5, 0.6) is 5.75 Å². The first-order chi connectivity index (χ1) is 16.7. The average molecular weight is 463 g/mol. The van der Waals surface area contributed by atoms with Crippen molar-refractivity contribution >= 4 is 5.97 Å². The highest BCUT2D eigenvalue weighted by Gasteiger charge is 2.07. The number of hydrogen-bond acceptors (Lipinski definition) is 3. The van der Waals surface area contributed by atoms with Crippen molar-refractivity contribution in [3.63, 3.8) is 0 Å². The zero-order valence-corrected chi connectivity index (χ0v) is 21.0. The summed E-state index contributed by atoms with van der Waals surface area (Å²) in [5.41, 5.74) is 2.78. The van der Waals surface area contributed by atoms with Gasteiger partial charge in [-0.15, -0.1) is 12.3 Å². The molecule has 0 saturated carbocycles. The predicted octanol–water partition coefficient (Wildman–Crippen LogP) is 8.61. The van der Waals surface area contributed by atoms with E-state index < -0.39 is 0 Å². The van der Waals surface area contributed by atoms with Crippen LogP contribution in [-0.4, -0.2) is 19.2 Å². The number of ether oxygens (including phenoxy) is 2. The Kier molecular flexibility index (Phi) is 14.3. The maximum absolute atomic E-state index is 12.3. The van der Waals surface area contributed by atoms with Gasteiger partial charge in [0, 0.05) is 6.42 Å². The van der Waals surface area contributed by atoms with Crippen LogP contribution in [0.15, 0.2) is 48.5 Å². The van der Waals surface area contributed by atoms with Crippen molar-refractivity contribution in [3.8, 4) is 29.2 Å². The van der Waals surface area contributed by atoms with E-state index in [0.29, 0.717) is 12.2 Å². The molecule has 0 amide bonds. The second-order valence-corrected chi connectivity index (χ2v) is 8.93. The Morgan fingerprint density at radius 3 is 1.85 bits per heavy atom. The predicted molar refractivity (Wildman–Crippen MR) is 142 cm³/mol. The summed E-state index contributed by atoms with van der Waals surface area (Å²) in [5, 5.41) is 0. The number of esters is 1. The molecule has 2 rings (SSSR count). The lowest BCUT2D eigenvalue weighted by Crippen LogP contribution is -2.06. The number of benzene rings is 2. The second-order valence-electron chi connectivity index (χ2n) is 8.93. The molecule has 0 radical (unpaired) electrons. The molecule has 0 aliphatic rings. The van der Waals surface area contributed by atoms with Crippen LogP contribution in [0.4, 0.5) is 0 Å². The molecule has 0 heterocycles. The first kappa shape index (κ1) is 27.5. The first-order valence-electron chi connectivity index (χ1n) is 13.2. The summed E-state index contributed by atoms with van der Waals surface area (Å²) in [5.74, 6) is 3.34. The Labute approximate surface area is 207 Å². The molecular weight excluding hydrogens is 420 g/mol. The Hall–Kier alpha value is -2.73. The van der Waals surface area contributed by atoms with Crippen LogP contribution in [0.1, 0.15) is 101 Å². The molecule has 184 valence electrons. The summed E-state index contributed by atoms with van der Waals surface area (Å²) in [4.78, 5) is 12.3. The van der Waals surface area contributed by atoms with E-state index in [-0.39, 0.29) is 5.97 Å². The lowest BCUT2D eigenvalue weighted by Gasteiger charge is -2.08. The molecule has 0 N–H and O–H groups in total. The molecule has 0 bridgehead atoms. The van der Waals surface area contributed by atoms with E-state index in [1.54, 1.807) is 0 Å². The van der Waals surface area contributed by atoms with E-state index in [9.17, 15) is 4.79 Å². The van der Waals surface area contributed by atoms with Gasteiger partial charge in [-0.1, -0.05) is 89.0 Å². The maximum Gasteiger partial charge on any atom is 0.338 e. The molecule has 0 aliphatic heterocycles. The molecule has 0 saturated heterocycles. The average Bonchev–Trinajstić information content (AvgIpc) is 2.87. The van der Waals surface area contributed by atoms with Crippen molar-refractivity contribution in [1.29, 1.82) is 0 Å². The number of rotatable bonds is 18. The molecule has 0 aliphatic carbocycles. The summed E-state index contributed by atoms with van der Waals surface area (Å²) in [6, 6.07) is 15.8. The number of hydrogen-bond donors (Lipinski definition) is 0. The topological polar surface area (TPSA) is 35.5 Å². The minimum atomic E-state index is -0.247. The summed E-state index contributed by atoms with van der Waals surface area (Å²) in [6.45, 7) is 3.48. The van der Waals surface area contributed by atoms with E-state index in [1.807, 2.05) is 36.4 Å². The van der Waals surface area contributed by atoms with Crippen molar-refractivity contribution in [2.75, 3.05) is 13.2 Å². The normalized spacial score (nSPS) is 10.6. The summed E-state index contributed by atoms with van der Waals surface area (Å²) in [6.07, 6.45) is 20.4. The van der Waals surface area contributed by atoms with Crippen LogP contribution in [-0.2, 0) is 4.74 Å². The third-order valence-corrected chi connectivity index (χ3v) is 6.02. The van der Waals surface area contributed by atoms with Gasteiger partial charge in [-0.05, 0) is 54.7 Å². The molecule has 0 unspecified atom stereocenters. The van der Waals surface area contributed by atoms with E-state index in [0.717, 1.165) is 55.6 Å². The minimum Gasteiger partial charge on any atom is -0.494 e. The molecule has 3 nitrogen and oxygen atoms in total. The van der Waals surface area contributed by atoms with Gasteiger partial charge in [-0.2, -0.15) is 0 Å². The quantitative estimate of drug-likeness (QED) is 0.126. The SMILES string of the molecule is C#CCCCCCCCCCOC(=O)c1ccc(-c2ccc(OCCCCCCC)cc2)cc1. The van der Waals surface area contributed by atoms with Gasteiger partial charge in [0.05, 0.1) is 18.8 Å². The summed E-state index contributed by atoms with van der Waals surface area (Å²) < 4.78 is 11.3. The third-order valence-electron chi connectivity index (χ3n) is 6.02. The van der Waals surface area contributed by atoms with Gasteiger partial charge in [-0.25, -0.2) is 4.79 Å². The molecule has 0 aromatic heterocycles. The van der Waals surface area contributed by atoms with Gasteiger partial charge in [0.15, 0.2) is 0 Å². The maximum atomic E-state index is 12.3. The molecule has 34 heavy (non-hydrogen) atoms. The van der Waals surface area contributed by atoms with E-state index in [4.69, 9.17) is 15.9 Å². The number of carbonyl (C=O) groups excluding carboxylic acids is 1. The van der Waals surface area contributed by atoms with Crippen LogP contribution < -0.4 is 4.74 Å². The van der Waals surface area contributed by atoms with Crippen molar-refractivity contribution in [2.24, 2.45) is 0 Å². The highest BCUT2D eigenvalue weighted by molar-refractivity contribution is 5.90. The fourth-order valence-electron chi connectivity index (χ4n) is 3.90. The van der Waals surface area contributed by atoms with Crippen LogP contribution in [0.25, 0.3) is 11.1 Å². The number of terminal acetylenes is 1. The fraction of sp³-hybridized carbons (Fsp3) is 0.516. The zero-order chi connectivity index (χ0) is 24.3. The van der Waals surface area contributed by atoms with Crippen LogP contribution >= 0.6 is 0 Å². The van der Waals surface area contributed by atoms with E-state index in [2.05, 4.69) is 25.0 Å². The summed E-state index contributed by atoms with van der Waals surface area (Å²) in [7, 11) is 0. The van der Waals surface area contributed by atoms with Crippen molar-refractivity contribution in [1.82, 2.24) is 0 Å². The van der Waals surface area contributed by atoms with Gasteiger partial charge in [0.1, 0.15) is 5.75 Å². The Bertz CT molecular complexity index is 830. The number of unbranched alkanes of at least 4 members (excludes halogenated alkanes) is 11. The lowest BCUT2D eigenvalue weighted by atomic mass is 10.0. The fourth-order valence-corrected chi connectivity index (χ4v) is 3.90. The number of carbonyl (C=O) groups is 1. The molecule has 2 aromatic carbocycles. The van der Waals surface area contributed by atoms with E-state index >= 15 is 0 Å². The lowest BCUT2D eigenvalue weighted by molar-refractivity contribution is 0.0497. The molecule has 0 spiro atoms. The third kappa shape index (κ3) is 11.4. The minimum absolute atomic E-state index is 0.247. The molecule has 0 fully saturated rings. The van der Waals surface area contributed by atoms with Gasteiger partial charge in [-0.3, -0.25) is 0 Å². The Balaban J connectivity index is 1.64. The Morgan fingerprint density at radius 2 is 1.24 bits per heavy atom. The van der Waals surface area contributed by atoms with Gasteiger partial charge in [0.25, 0.3) is 0 Å². The standard InChI is InChI=1S/C31H42O3/c1-3-5-7-9-10-11-12-14-16-26-34-31(32)29-19-17-27(18-20-29)28-21-23-30(24-22-28)33-25-15-13-8-6-4-2/h1,17-24H,4-16,25-26H2,2H3. The first-order valence-corrected chi connectivity index (χ1v) is 13.2. The second kappa shape index (κ2) is 17.7. The molecule has 2 aromatic rings. The molecule has 0 atom stereocenters. The van der Waals surface area contributed by atoms with Gasteiger partial charge < -0.3 is 9.47 Å². The summed E-state index contributed by atoms with van der Waals surface area (Å²) >= 11 is 0. The van der Waals surface area contributed by atoms with E-state index in [1.165, 1.54) is 51.4 Å². The van der Waals surface area contributed by atoms with Crippen LogP contribution in [0.3, 0.4) is 0 Å². The highest BCUT2D eigenvalue weighted by atomic mass is 16.5. The van der Waals surface area contributed by atoms with Crippen molar-refractivity contribution < 1.29 is 14.3 Å². The van der Waals surface area contributed by atoms with Crippen LogP contribution in [0, 0.1) is 12.3 Å². The van der Waals surface area contributed by atoms with Crippen molar-refractivity contribution in [2.45, 2.75) is 90.4 Å². The van der Waals surface area contributed by atoms with Crippen molar-refractivity contribution in [3.05, 3.63) is 54.1 Å². The zero-order valence-electron chi connectivity index (χ0n) is 21.0. The largest absolute Gasteiger partial charge is 0.494 e. The van der Waals surface area contributed by atoms with Gasteiger partial charge >= 0.3 is 5.97 Å². The monoisotopic (exact) mass is 462 g/mol. The smallest absolute Gasteiger partial charge is 0.338 e. The van der Waals surface area contributed by atoms with Gasteiger partial charge in [0.2, 0.25) is 0 Å². The molecular formula is C31H42O3. The highest BCUT2D eigenvalue weighted by Crippen LogP contribution is 2.23. The molecule has 3 heteroatoms. The van der Waals surface area contributed by atoms with Crippen LogP contribution in [0.2, 0.25) is 0 Å².